The number of carbonyl (C=O) groups is 1. The fraction of sp³-hybridized carbons (Fsp3) is 0.115. The van der Waals surface area contributed by atoms with E-state index in [1.807, 2.05) is 0 Å². The highest BCUT2D eigenvalue weighted by Gasteiger charge is 2.24. The molecule has 0 saturated heterocycles. The van der Waals surface area contributed by atoms with Gasteiger partial charge in [0.15, 0.2) is 0 Å². The van der Waals surface area contributed by atoms with Crippen molar-refractivity contribution in [2.75, 3.05) is 17.5 Å². The van der Waals surface area contributed by atoms with E-state index in [-0.39, 0.29) is 33.7 Å². The predicted molar refractivity (Wildman–Crippen MR) is 144 cm³/mol. The van der Waals surface area contributed by atoms with Crippen LogP contribution in [0.3, 0.4) is 0 Å². The number of carboxylic acids is 1. The van der Waals surface area contributed by atoms with Gasteiger partial charge < -0.3 is 14.6 Å². The molecule has 0 amide bonds. The zero-order chi connectivity index (χ0) is 27.1. The highest BCUT2D eigenvalue weighted by atomic mass is 32.2. The number of hydrogen-bond acceptors (Lipinski definition) is 7. The lowest BCUT2D eigenvalue weighted by Crippen LogP contribution is -2.18. The first-order valence-corrected chi connectivity index (χ1v) is 14.6. The van der Waals surface area contributed by atoms with Crippen LogP contribution in [0.5, 0.6) is 11.5 Å². The van der Waals surface area contributed by atoms with E-state index in [0.29, 0.717) is 22.7 Å². The molecule has 0 aliphatic carbocycles. The summed E-state index contributed by atoms with van der Waals surface area (Å²) >= 11 is -1.57. The zero-order valence-electron chi connectivity index (χ0n) is 19.8. The fourth-order valence-electron chi connectivity index (χ4n) is 3.52. The Hall–Kier alpha value is -3.71. The van der Waals surface area contributed by atoms with E-state index in [4.69, 9.17) is 14.6 Å². The van der Waals surface area contributed by atoms with Crippen molar-refractivity contribution in [3.8, 4) is 11.5 Å². The third kappa shape index (κ3) is 6.58. The van der Waals surface area contributed by atoms with Crippen LogP contribution >= 0.6 is 11.3 Å². The molecular formula is C26H23NO8S3. The van der Waals surface area contributed by atoms with Crippen LogP contribution in [-0.4, -0.2) is 41.5 Å². The molecule has 2 N–H and O–H groups in total. The number of nitrogens with zero attached hydrogens (tertiary/aromatic N) is 1. The molecule has 0 bridgehead atoms. The smallest absolute Gasteiger partial charge is 0.307 e. The van der Waals surface area contributed by atoms with Crippen molar-refractivity contribution in [2.45, 2.75) is 15.5 Å². The zero-order valence-corrected chi connectivity index (χ0v) is 22.2. The van der Waals surface area contributed by atoms with Gasteiger partial charge in [0, 0.05) is 5.56 Å². The lowest BCUT2D eigenvalue weighted by atomic mass is 10.1. The average Bonchev–Trinajstić information content (AvgIpc) is 3.39. The number of benzene rings is 3. The molecule has 0 saturated carbocycles. The van der Waals surface area contributed by atoms with E-state index in [0.717, 1.165) is 15.6 Å². The molecule has 0 fully saturated rings. The maximum Gasteiger partial charge on any atom is 0.307 e. The summed E-state index contributed by atoms with van der Waals surface area (Å²) in [7, 11) is -3.76. The SMILES string of the molecule is O=C(O)Cc1ccccc1OCCOc1ccc(N(c2ccc(S(=O)(=O)c3ccccc3)s2)S(=O)O)cc1. The Morgan fingerprint density at radius 3 is 2.21 bits per heavy atom. The van der Waals surface area contributed by atoms with Gasteiger partial charge in [-0.1, -0.05) is 36.4 Å². The summed E-state index contributed by atoms with van der Waals surface area (Å²) in [6, 6.07) is 24.1. The van der Waals surface area contributed by atoms with Crippen LogP contribution in [0, 0.1) is 0 Å². The Labute approximate surface area is 226 Å². The van der Waals surface area contributed by atoms with Crippen LogP contribution in [0.15, 0.2) is 100 Å². The Bertz CT molecular complexity index is 1520. The standard InChI is InChI=1S/C26H23NO8S3/c28-25(29)18-19-6-4-5-9-23(19)35-17-16-34-21-12-10-20(11-13-21)27(37(30)31)24-14-15-26(36-24)38(32,33)22-7-2-1-3-8-22/h1-15H,16-18H2,(H,28,29)(H,30,31). The van der Waals surface area contributed by atoms with Crippen LogP contribution in [0.1, 0.15) is 5.56 Å². The van der Waals surface area contributed by atoms with Crippen molar-refractivity contribution in [2.24, 2.45) is 0 Å². The molecular weight excluding hydrogens is 550 g/mol. The highest BCUT2D eigenvalue weighted by Crippen LogP contribution is 2.37. The Balaban J connectivity index is 1.40. The molecule has 1 unspecified atom stereocenters. The van der Waals surface area contributed by atoms with Crippen molar-refractivity contribution in [3.63, 3.8) is 0 Å². The molecule has 0 radical (unpaired) electrons. The number of rotatable bonds is 12. The number of aliphatic carboxylic acids is 1. The van der Waals surface area contributed by atoms with Crippen molar-refractivity contribution in [1.82, 2.24) is 0 Å². The lowest BCUT2D eigenvalue weighted by molar-refractivity contribution is -0.136. The molecule has 0 aliphatic rings. The molecule has 4 aromatic rings. The van der Waals surface area contributed by atoms with Crippen molar-refractivity contribution in [3.05, 3.63) is 96.6 Å². The minimum atomic E-state index is -3.76. The van der Waals surface area contributed by atoms with Gasteiger partial charge in [0.1, 0.15) is 33.9 Å². The number of anilines is 2. The summed E-state index contributed by atoms with van der Waals surface area (Å²) in [6.45, 7) is 0.362. The molecule has 0 aliphatic heterocycles. The van der Waals surface area contributed by atoms with Crippen molar-refractivity contribution in [1.29, 1.82) is 0 Å². The van der Waals surface area contributed by atoms with E-state index in [1.165, 1.54) is 24.3 Å². The van der Waals surface area contributed by atoms with Gasteiger partial charge in [0.2, 0.25) is 9.84 Å². The van der Waals surface area contributed by atoms with Crippen molar-refractivity contribution >= 4 is 49.1 Å². The number of para-hydroxylation sites is 1. The van der Waals surface area contributed by atoms with Gasteiger partial charge >= 0.3 is 5.97 Å². The van der Waals surface area contributed by atoms with E-state index < -0.39 is 27.1 Å². The molecule has 0 spiro atoms. The second-order valence-electron chi connectivity index (χ2n) is 7.80. The quantitative estimate of drug-likeness (QED) is 0.180. The molecule has 1 aromatic heterocycles. The monoisotopic (exact) mass is 573 g/mol. The maximum absolute atomic E-state index is 12.9. The summed E-state index contributed by atoms with van der Waals surface area (Å²) in [4.78, 5) is 11.1. The summed E-state index contributed by atoms with van der Waals surface area (Å²) in [5, 5.41) is 9.30. The normalized spacial score (nSPS) is 12.0. The van der Waals surface area contributed by atoms with E-state index >= 15 is 0 Å². The summed E-state index contributed by atoms with van der Waals surface area (Å²) < 4.78 is 60.4. The first-order chi connectivity index (χ1) is 18.3. The van der Waals surface area contributed by atoms with Crippen LogP contribution in [-0.2, 0) is 32.3 Å². The number of carboxylic acid groups (broad SMARTS) is 1. The molecule has 38 heavy (non-hydrogen) atoms. The highest BCUT2D eigenvalue weighted by molar-refractivity contribution is 7.93. The third-order valence-electron chi connectivity index (χ3n) is 5.24. The lowest BCUT2D eigenvalue weighted by Gasteiger charge is -2.18. The van der Waals surface area contributed by atoms with Gasteiger partial charge in [0.05, 0.1) is 17.0 Å². The Kier molecular flexibility index (Phi) is 8.79. The number of ether oxygens (including phenoxy) is 2. The summed E-state index contributed by atoms with van der Waals surface area (Å²) in [5.74, 6) is 0.00436. The summed E-state index contributed by atoms with van der Waals surface area (Å²) in [6.07, 6.45) is -0.148. The van der Waals surface area contributed by atoms with E-state index in [2.05, 4.69) is 0 Å². The molecule has 9 nitrogen and oxygen atoms in total. The van der Waals surface area contributed by atoms with E-state index in [9.17, 15) is 22.0 Å². The number of hydrogen-bond donors (Lipinski definition) is 2. The fourth-order valence-corrected chi connectivity index (χ4v) is 6.98. The van der Waals surface area contributed by atoms with Crippen LogP contribution < -0.4 is 13.8 Å². The largest absolute Gasteiger partial charge is 0.490 e. The third-order valence-corrected chi connectivity index (χ3v) is 9.40. The van der Waals surface area contributed by atoms with Gasteiger partial charge in [-0.05, 0) is 54.6 Å². The predicted octanol–water partition coefficient (Wildman–Crippen LogP) is 4.94. The second kappa shape index (κ2) is 12.2. The second-order valence-corrected chi connectivity index (χ2v) is 11.9. The molecule has 12 heteroatoms. The van der Waals surface area contributed by atoms with Crippen molar-refractivity contribution < 1.29 is 36.6 Å². The van der Waals surface area contributed by atoms with Gasteiger partial charge in [-0.15, -0.1) is 11.3 Å². The summed E-state index contributed by atoms with van der Waals surface area (Å²) in [5.41, 5.74) is 0.928. The number of sulfone groups is 1. The Morgan fingerprint density at radius 2 is 1.53 bits per heavy atom. The average molecular weight is 574 g/mol. The topological polar surface area (TPSA) is 130 Å². The first-order valence-electron chi connectivity index (χ1n) is 11.2. The molecule has 3 aromatic carbocycles. The van der Waals surface area contributed by atoms with Gasteiger partial charge in [-0.2, -0.15) is 0 Å². The minimum absolute atomic E-state index is 0.0547. The Morgan fingerprint density at radius 1 is 0.868 bits per heavy atom. The molecule has 4 rings (SSSR count). The van der Waals surface area contributed by atoms with Crippen LogP contribution in [0.4, 0.5) is 10.7 Å². The van der Waals surface area contributed by atoms with Crippen LogP contribution in [0.25, 0.3) is 0 Å². The minimum Gasteiger partial charge on any atom is -0.490 e. The molecule has 1 atom stereocenters. The molecule has 1 heterocycles. The number of thiophene rings is 1. The first kappa shape index (κ1) is 27.3. The van der Waals surface area contributed by atoms with E-state index in [1.54, 1.807) is 66.7 Å². The van der Waals surface area contributed by atoms with Gasteiger partial charge in [0.25, 0.3) is 11.3 Å². The molecule has 198 valence electrons. The van der Waals surface area contributed by atoms with Gasteiger partial charge in [-0.3, -0.25) is 9.35 Å². The maximum atomic E-state index is 12.9. The van der Waals surface area contributed by atoms with Crippen LogP contribution in [0.2, 0.25) is 0 Å². The van der Waals surface area contributed by atoms with Gasteiger partial charge in [-0.25, -0.2) is 16.9 Å².